The van der Waals surface area contributed by atoms with Gasteiger partial charge in [0, 0.05) is 29.1 Å². The maximum absolute atomic E-state index is 13.5. The predicted molar refractivity (Wildman–Crippen MR) is 95.6 cm³/mol. The summed E-state index contributed by atoms with van der Waals surface area (Å²) in [4.78, 5) is 4.14. The number of nitrogens with zero attached hydrogens (tertiary/aromatic N) is 5. The molecule has 5 nitrogen and oxygen atoms in total. The molecule has 0 aliphatic carbocycles. The molecule has 0 aliphatic rings. The summed E-state index contributed by atoms with van der Waals surface area (Å²) >= 11 is 5.81. The van der Waals surface area contributed by atoms with Gasteiger partial charge < -0.3 is 0 Å². The molecule has 0 spiro atoms. The molecule has 4 aromatic rings. The highest BCUT2D eigenvalue weighted by molar-refractivity contribution is 7.92. The summed E-state index contributed by atoms with van der Waals surface area (Å²) in [5, 5.41) is 13.3. The van der Waals surface area contributed by atoms with Gasteiger partial charge in [-0.25, -0.2) is 9.37 Å². The Hall–Kier alpha value is -2.89. The predicted octanol–water partition coefficient (Wildman–Crippen LogP) is 4.91. The topological polar surface area (TPSA) is 58.9 Å². The first-order valence-corrected chi connectivity index (χ1v) is 8.37. The lowest BCUT2D eigenvalue weighted by atomic mass is 10.0. The van der Waals surface area contributed by atoms with Crippen LogP contribution in [-0.4, -0.2) is 18.6 Å². The summed E-state index contributed by atoms with van der Waals surface area (Å²) in [5.74, 6) is -0.547. The summed E-state index contributed by atoms with van der Waals surface area (Å²) in [6.45, 7) is 0. The number of halogens is 3. The molecule has 1 aromatic carbocycles. The number of benzene rings is 1. The first kappa shape index (κ1) is 16.6. The van der Waals surface area contributed by atoms with Crippen LogP contribution < -0.4 is 0 Å². The first-order valence-electron chi connectivity index (χ1n) is 7.32. The lowest BCUT2D eigenvalue weighted by molar-refractivity contribution is 0.628. The molecule has 9 heteroatoms. The fourth-order valence-corrected chi connectivity index (χ4v) is 3.12. The number of nitriles is 1. The average molecular weight is 388 g/mol. The Morgan fingerprint density at radius 3 is 2.69 bits per heavy atom. The second-order valence-electron chi connectivity index (χ2n) is 5.39. The Kier molecular flexibility index (Phi) is 4.11. The van der Waals surface area contributed by atoms with Crippen molar-refractivity contribution >= 4 is 29.6 Å². The van der Waals surface area contributed by atoms with Gasteiger partial charge in [-0.2, -0.15) is 14.4 Å². The monoisotopic (exact) mass is 387 g/mol. The van der Waals surface area contributed by atoms with E-state index in [0.717, 1.165) is 4.09 Å². The van der Waals surface area contributed by atoms with Gasteiger partial charge in [0.05, 0.1) is 11.2 Å². The van der Waals surface area contributed by atoms with Crippen molar-refractivity contribution in [3.8, 4) is 28.5 Å². The van der Waals surface area contributed by atoms with Crippen molar-refractivity contribution in [3.05, 3.63) is 65.5 Å². The molecule has 0 aliphatic heterocycles. The Morgan fingerprint density at radius 2 is 1.96 bits per heavy atom. The zero-order valence-electron chi connectivity index (χ0n) is 12.9. The zero-order valence-corrected chi connectivity index (χ0v) is 14.5. The standard InChI is InChI=1S/C17H8ClF2N5S/c18-14-5-10(1-3-15(14)19)17-13(9-25(23-17)26-20)11-2-4-16-22-7-12(6-21)24(16)8-11/h1-5,7-9H. The quantitative estimate of drug-likeness (QED) is 0.501. The molecule has 0 bridgehead atoms. The third-order valence-electron chi connectivity index (χ3n) is 3.89. The SMILES string of the molecule is N#Cc1cnc2ccc(-c3cn(SF)nc3-c3ccc(F)c(Cl)c3)cn12. The first-order chi connectivity index (χ1) is 12.6. The number of aromatic nitrogens is 4. The second-order valence-corrected chi connectivity index (χ2v) is 6.31. The molecule has 0 radical (unpaired) electrons. The van der Waals surface area contributed by atoms with Gasteiger partial charge in [0.15, 0.2) is 12.3 Å². The number of rotatable bonds is 3. The van der Waals surface area contributed by atoms with Crippen molar-refractivity contribution in [2.45, 2.75) is 0 Å². The van der Waals surface area contributed by atoms with Gasteiger partial charge in [0.1, 0.15) is 28.9 Å². The molecule has 0 unspecified atom stereocenters. The molecule has 0 fully saturated rings. The highest BCUT2D eigenvalue weighted by Gasteiger charge is 2.16. The number of hydrogen-bond donors (Lipinski definition) is 0. The molecule has 3 heterocycles. The van der Waals surface area contributed by atoms with E-state index in [1.54, 1.807) is 22.7 Å². The van der Waals surface area contributed by atoms with Gasteiger partial charge in [-0.1, -0.05) is 11.6 Å². The van der Waals surface area contributed by atoms with Gasteiger partial charge in [-0.05, 0) is 30.3 Å². The zero-order chi connectivity index (χ0) is 18.3. The van der Waals surface area contributed by atoms with Crippen LogP contribution >= 0.6 is 23.9 Å². The lowest BCUT2D eigenvalue weighted by Crippen LogP contribution is -1.90. The third-order valence-corrected chi connectivity index (χ3v) is 4.51. The molecule has 26 heavy (non-hydrogen) atoms. The van der Waals surface area contributed by atoms with Crippen molar-refractivity contribution in [2.75, 3.05) is 0 Å². The van der Waals surface area contributed by atoms with Crippen molar-refractivity contribution in [2.24, 2.45) is 0 Å². The fraction of sp³-hybridized carbons (Fsp3) is 0. The summed E-state index contributed by atoms with van der Waals surface area (Å²) in [6, 6.07) is 9.80. The minimum Gasteiger partial charge on any atom is -0.291 e. The van der Waals surface area contributed by atoms with Crippen LogP contribution in [-0.2, 0) is 0 Å². The normalized spacial score (nSPS) is 11.0. The van der Waals surface area contributed by atoms with E-state index < -0.39 is 5.82 Å². The van der Waals surface area contributed by atoms with E-state index in [-0.39, 0.29) is 17.4 Å². The van der Waals surface area contributed by atoms with Crippen LogP contribution in [0.3, 0.4) is 0 Å². The second kappa shape index (κ2) is 6.44. The van der Waals surface area contributed by atoms with Gasteiger partial charge in [-0.3, -0.25) is 4.40 Å². The molecule has 0 atom stereocenters. The summed E-state index contributed by atoms with van der Waals surface area (Å²) in [7, 11) is 0. The van der Waals surface area contributed by atoms with Crippen LogP contribution in [0.1, 0.15) is 5.69 Å². The van der Waals surface area contributed by atoms with Crippen LogP contribution in [0.5, 0.6) is 0 Å². The van der Waals surface area contributed by atoms with E-state index >= 15 is 0 Å². The molecule has 0 saturated heterocycles. The van der Waals surface area contributed by atoms with E-state index in [1.165, 1.54) is 30.6 Å². The molecule has 0 amide bonds. The fourth-order valence-electron chi connectivity index (χ4n) is 2.68. The van der Waals surface area contributed by atoms with E-state index in [2.05, 4.69) is 16.2 Å². The van der Waals surface area contributed by atoms with Crippen LogP contribution in [0.25, 0.3) is 28.0 Å². The van der Waals surface area contributed by atoms with Crippen LogP contribution in [0, 0.1) is 17.1 Å². The van der Waals surface area contributed by atoms with Crippen molar-refractivity contribution < 1.29 is 8.28 Å². The number of hydrogen-bond acceptors (Lipinski definition) is 4. The Balaban J connectivity index is 1.92. The average Bonchev–Trinajstić information content (AvgIpc) is 3.27. The molecule has 128 valence electrons. The van der Waals surface area contributed by atoms with Gasteiger partial charge >= 0.3 is 0 Å². The van der Waals surface area contributed by atoms with Crippen LogP contribution in [0.2, 0.25) is 5.02 Å². The maximum Gasteiger partial charge on any atom is 0.187 e. The Labute approximate surface area is 155 Å². The maximum atomic E-state index is 13.5. The van der Waals surface area contributed by atoms with E-state index in [4.69, 9.17) is 11.6 Å². The van der Waals surface area contributed by atoms with E-state index in [0.29, 0.717) is 33.7 Å². The number of fused-ring (bicyclic) bond motifs is 1. The van der Waals surface area contributed by atoms with Crippen molar-refractivity contribution in [1.82, 2.24) is 18.6 Å². The van der Waals surface area contributed by atoms with Crippen LogP contribution in [0.4, 0.5) is 8.28 Å². The molecular formula is C17H8ClF2N5S. The largest absolute Gasteiger partial charge is 0.291 e. The molecule has 0 saturated carbocycles. The highest BCUT2D eigenvalue weighted by Crippen LogP contribution is 2.34. The van der Waals surface area contributed by atoms with Gasteiger partial charge in [-0.15, -0.1) is 3.89 Å². The smallest absolute Gasteiger partial charge is 0.187 e. The molecule has 0 N–H and O–H groups in total. The number of imidazole rings is 1. The summed E-state index contributed by atoms with van der Waals surface area (Å²) < 4.78 is 29.3. The Morgan fingerprint density at radius 1 is 1.15 bits per heavy atom. The summed E-state index contributed by atoms with van der Waals surface area (Å²) in [6.07, 6.45) is 4.71. The minimum atomic E-state index is -0.547. The lowest BCUT2D eigenvalue weighted by Gasteiger charge is -2.05. The number of pyridine rings is 1. The van der Waals surface area contributed by atoms with Crippen molar-refractivity contribution in [1.29, 1.82) is 5.26 Å². The third kappa shape index (κ3) is 2.71. The van der Waals surface area contributed by atoms with Crippen LogP contribution in [0.15, 0.2) is 48.9 Å². The molecular weight excluding hydrogens is 380 g/mol. The summed E-state index contributed by atoms with van der Waals surface area (Å²) in [5.41, 5.74) is 3.28. The highest BCUT2D eigenvalue weighted by atomic mass is 35.5. The Bertz CT molecular complexity index is 1180. The van der Waals surface area contributed by atoms with Crippen molar-refractivity contribution in [3.63, 3.8) is 0 Å². The van der Waals surface area contributed by atoms with Gasteiger partial charge in [0.25, 0.3) is 0 Å². The molecule has 4 rings (SSSR count). The van der Waals surface area contributed by atoms with E-state index in [1.807, 2.05) is 0 Å². The van der Waals surface area contributed by atoms with E-state index in [9.17, 15) is 13.5 Å². The molecule has 3 aromatic heterocycles. The van der Waals surface area contributed by atoms with Gasteiger partial charge in [0.2, 0.25) is 0 Å². The minimum absolute atomic E-state index is 0.0484.